The summed E-state index contributed by atoms with van der Waals surface area (Å²) in [7, 11) is 0. The number of nitrogens with two attached hydrogens (primary N) is 2. The van der Waals surface area contributed by atoms with Gasteiger partial charge in [-0.25, -0.2) is 0 Å². The second-order valence-electron chi connectivity index (χ2n) is 3.77. The summed E-state index contributed by atoms with van der Waals surface area (Å²) in [6.45, 7) is 2.04. The molecule has 0 aliphatic carbocycles. The van der Waals surface area contributed by atoms with Crippen molar-refractivity contribution in [2.75, 3.05) is 19.7 Å². The monoisotopic (exact) mass is 364 g/mol. The Labute approximate surface area is 119 Å². The smallest absolute Gasteiger partial charge is 0.147 e. The van der Waals surface area contributed by atoms with Gasteiger partial charge in [0.25, 0.3) is 0 Å². The maximum Gasteiger partial charge on any atom is 0.147 e. The van der Waals surface area contributed by atoms with Gasteiger partial charge >= 0.3 is 0 Å². The highest BCUT2D eigenvalue weighted by Gasteiger charge is 2.08. The first-order chi connectivity index (χ1) is 8.19. The molecule has 0 atom stereocenters. The van der Waals surface area contributed by atoms with Gasteiger partial charge in [0, 0.05) is 0 Å². The second-order valence-corrected chi connectivity index (χ2v) is 5.48. The number of rotatable bonds is 7. The van der Waals surface area contributed by atoms with Crippen molar-refractivity contribution in [3.63, 3.8) is 0 Å². The van der Waals surface area contributed by atoms with E-state index in [9.17, 15) is 0 Å². The van der Waals surface area contributed by atoms with E-state index in [-0.39, 0.29) is 0 Å². The third-order valence-electron chi connectivity index (χ3n) is 2.34. The summed E-state index contributed by atoms with van der Waals surface area (Å²) >= 11 is 7.03. The van der Waals surface area contributed by atoms with Crippen LogP contribution in [0.4, 0.5) is 0 Å². The molecule has 1 aromatic carbocycles. The summed E-state index contributed by atoms with van der Waals surface area (Å²) in [5.74, 6) is 0.850. The van der Waals surface area contributed by atoms with Gasteiger partial charge in [-0.3, -0.25) is 0 Å². The van der Waals surface area contributed by atoms with Crippen LogP contribution in [0.25, 0.3) is 0 Å². The fourth-order valence-corrected chi connectivity index (χ4v) is 2.99. The van der Waals surface area contributed by atoms with Crippen LogP contribution in [-0.2, 0) is 6.42 Å². The summed E-state index contributed by atoms with van der Waals surface area (Å²) in [5.41, 5.74) is 12.2. The molecule has 0 bridgehead atoms. The Morgan fingerprint density at radius 2 is 1.65 bits per heavy atom. The SMILES string of the molecule is NCCCCOc1c(Br)cc(CCN)cc1Br. The molecule has 0 saturated heterocycles. The van der Waals surface area contributed by atoms with Gasteiger partial charge in [0.1, 0.15) is 5.75 Å². The highest BCUT2D eigenvalue weighted by atomic mass is 79.9. The molecule has 0 fully saturated rings. The predicted molar refractivity (Wildman–Crippen MR) is 78.4 cm³/mol. The summed E-state index contributed by atoms with van der Waals surface area (Å²) in [5, 5.41) is 0. The van der Waals surface area contributed by atoms with Crippen molar-refractivity contribution in [3.05, 3.63) is 26.6 Å². The van der Waals surface area contributed by atoms with Crippen molar-refractivity contribution in [3.8, 4) is 5.75 Å². The van der Waals surface area contributed by atoms with Gasteiger partial charge in [0.15, 0.2) is 0 Å². The lowest BCUT2D eigenvalue weighted by Crippen LogP contribution is -2.05. The molecule has 0 unspecified atom stereocenters. The second kappa shape index (κ2) is 8.08. The van der Waals surface area contributed by atoms with Crippen LogP contribution in [0.15, 0.2) is 21.1 Å². The fraction of sp³-hybridized carbons (Fsp3) is 0.500. The van der Waals surface area contributed by atoms with Gasteiger partial charge in [-0.05, 0) is 81.9 Å². The van der Waals surface area contributed by atoms with Gasteiger partial charge < -0.3 is 16.2 Å². The maximum atomic E-state index is 5.72. The minimum Gasteiger partial charge on any atom is -0.491 e. The van der Waals surface area contributed by atoms with Crippen molar-refractivity contribution in [1.82, 2.24) is 0 Å². The molecule has 0 heterocycles. The van der Waals surface area contributed by atoms with Crippen LogP contribution >= 0.6 is 31.9 Å². The lowest BCUT2D eigenvalue weighted by atomic mass is 10.1. The minimum absolute atomic E-state index is 0.648. The molecule has 0 saturated carbocycles. The quantitative estimate of drug-likeness (QED) is 0.730. The van der Waals surface area contributed by atoms with Gasteiger partial charge in [-0.2, -0.15) is 0 Å². The van der Waals surface area contributed by atoms with E-state index in [4.69, 9.17) is 16.2 Å². The highest BCUT2D eigenvalue weighted by Crippen LogP contribution is 2.35. The number of unbranched alkanes of at least 4 members (excludes halogenated alkanes) is 1. The van der Waals surface area contributed by atoms with Crippen molar-refractivity contribution in [1.29, 1.82) is 0 Å². The zero-order valence-electron chi connectivity index (χ0n) is 9.72. The molecule has 5 heteroatoms. The Balaban J connectivity index is 2.65. The molecule has 1 rings (SSSR count). The van der Waals surface area contributed by atoms with E-state index in [2.05, 4.69) is 44.0 Å². The third-order valence-corrected chi connectivity index (χ3v) is 3.51. The Kier molecular flexibility index (Phi) is 7.11. The van der Waals surface area contributed by atoms with E-state index in [1.165, 1.54) is 5.56 Å². The molecule has 0 spiro atoms. The molecule has 4 N–H and O–H groups in total. The predicted octanol–water partition coefficient (Wildman–Crippen LogP) is 2.83. The normalized spacial score (nSPS) is 10.6. The largest absolute Gasteiger partial charge is 0.491 e. The zero-order chi connectivity index (χ0) is 12.7. The Hall–Kier alpha value is -0.100. The molecule has 0 amide bonds. The average Bonchev–Trinajstić information content (AvgIpc) is 2.27. The molecular formula is C12H18Br2N2O. The number of hydrogen-bond acceptors (Lipinski definition) is 3. The first kappa shape index (κ1) is 15.0. The average molecular weight is 366 g/mol. The fourth-order valence-electron chi connectivity index (χ4n) is 1.48. The third kappa shape index (κ3) is 4.95. The number of benzene rings is 1. The zero-order valence-corrected chi connectivity index (χ0v) is 12.9. The maximum absolute atomic E-state index is 5.72. The molecule has 0 aromatic heterocycles. The van der Waals surface area contributed by atoms with E-state index >= 15 is 0 Å². The molecule has 0 aliphatic rings. The lowest BCUT2D eigenvalue weighted by Gasteiger charge is -2.12. The standard InChI is InChI=1S/C12H18Br2N2O/c13-10-7-9(3-5-16)8-11(14)12(10)17-6-2-1-4-15/h7-8H,1-6,15-16H2. The van der Waals surface area contributed by atoms with Gasteiger partial charge in [-0.1, -0.05) is 0 Å². The van der Waals surface area contributed by atoms with Crippen molar-refractivity contribution < 1.29 is 4.74 Å². The molecule has 96 valence electrons. The summed E-state index contributed by atoms with van der Waals surface area (Å²) < 4.78 is 7.64. The molecule has 3 nitrogen and oxygen atoms in total. The van der Waals surface area contributed by atoms with Crippen LogP contribution in [0.1, 0.15) is 18.4 Å². The minimum atomic E-state index is 0.648. The Morgan fingerprint density at radius 3 is 2.18 bits per heavy atom. The van der Waals surface area contributed by atoms with Gasteiger partial charge in [0.05, 0.1) is 15.6 Å². The van der Waals surface area contributed by atoms with Crippen LogP contribution in [0.5, 0.6) is 5.75 Å². The molecular weight excluding hydrogens is 348 g/mol. The Bertz CT molecular complexity index is 335. The van der Waals surface area contributed by atoms with Crippen LogP contribution < -0.4 is 16.2 Å². The van der Waals surface area contributed by atoms with E-state index in [1.807, 2.05) is 0 Å². The molecule has 17 heavy (non-hydrogen) atoms. The lowest BCUT2D eigenvalue weighted by molar-refractivity contribution is 0.304. The summed E-state index contributed by atoms with van der Waals surface area (Å²) in [6, 6.07) is 4.10. The summed E-state index contributed by atoms with van der Waals surface area (Å²) in [4.78, 5) is 0. The van der Waals surface area contributed by atoms with Crippen LogP contribution in [0.2, 0.25) is 0 Å². The first-order valence-corrected chi connectivity index (χ1v) is 7.28. The Morgan fingerprint density at radius 1 is 1.00 bits per heavy atom. The van der Waals surface area contributed by atoms with Crippen molar-refractivity contribution in [2.24, 2.45) is 11.5 Å². The van der Waals surface area contributed by atoms with E-state index in [0.717, 1.165) is 34.0 Å². The molecule has 1 aromatic rings. The number of halogens is 2. The summed E-state index contributed by atoms with van der Waals surface area (Å²) in [6.07, 6.45) is 2.82. The molecule has 0 radical (unpaired) electrons. The van der Waals surface area contributed by atoms with Crippen LogP contribution in [0, 0.1) is 0 Å². The van der Waals surface area contributed by atoms with E-state index in [0.29, 0.717) is 19.7 Å². The van der Waals surface area contributed by atoms with Gasteiger partial charge in [-0.15, -0.1) is 0 Å². The van der Waals surface area contributed by atoms with E-state index in [1.54, 1.807) is 0 Å². The number of hydrogen-bond donors (Lipinski definition) is 2. The molecule has 0 aliphatic heterocycles. The van der Waals surface area contributed by atoms with Crippen molar-refractivity contribution in [2.45, 2.75) is 19.3 Å². The van der Waals surface area contributed by atoms with Crippen LogP contribution in [-0.4, -0.2) is 19.7 Å². The number of ether oxygens (including phenoxy) is 1. The van der Waals surface area contributed by atoms with Crippen LogP contribution in [0.3, 0.4) is 0 Å². The highest BCUT2D eigenvalue weighted by molar-refractivity contribution is 9.11. The first-order valence-electron chi connectivity index (χ1n) is 5.70. The van der Waals surface area contributed by atoms with E-state index < -0.39 is 0 Å². The topological polar surface area (TPSA) is 61.3 Å². The van der Waals surface area contributed by atoms with Gasteiger partial charge in [0.2, 0.25) is 0 Å². The van der Waals surface area contributed by atoms with Crippen molar-refractivity contribution >= 4 is 31.9 Å².